The second-order valence-corrected chi connectivity index (χ2v) is 5.42. The molecule has 0 aliphatic carbocycles. The van der Waals surface area contributed by atoms with E-state index < -0.39 is 17.7 Å². The van der Waals surface area contributed by atoms with E-state index in [1.165, 1.54) is 19.2 Å². The van der Waals surface area contributed by atoms with Gasteiger partial charge < -0.3 is 16.0 Å². The molecule has 0 fully saturated rings. The van der Waals surface area contributed by atoms with Crippen LogP contribution in [0.25, 0.3) is 0 Å². The maximum absolute atomic E-state index is 13.1. The van der Waals surface area contributed by atoms with Crippen molar-refractivity contribution in [1.82, 2.24) is 5.32 Å². The van der Waals surface area contributed by atoms with Crippen LogP contribution in [-0.4, -0.2) is 19.0 Å². The van der Waals surface area contributed by atoms with E-state index in [-0.39, 0.29) is 22.8 Å². The molecule has 3 N–H and O–H groups in total. The normalized spacial score (nSPS) is 10.1. The molecule has 0 spiro atoms. The van der Waals surface area contributed by atoms with E-state index in [2.05, 4.69) is 31.9 Å². The van der Waals surface area contributed by atoms with Crippen LogP contribution in [0.1, 0.15) is 10.4 Å². The molecule has 2 rings (SSSR count). The van der Waals surface area contributed by atoms with Crippen molar-refractivity contribution in [3.05, 3.63) is 58.1 Å². The van der Waals surface area contributed by atoms with Gasteiger partial charge in [0.05, 0.1) is 11.3 Å². The third-order valence-corrected chi connectivity index (χ3v) is 3.32. The Bertz CT molecular complexity index is 748. The van der Waals surface area contributed by atoms with Gasteiger partial charge in [-0.1, -0.05) is 15.9 Å². The molecular formula is C15H12BrF2N3O2. The van der Waals surface area contributed by atoms with Gasteiger partial charge in [0.15, 0.2) is 0 Å². The van der Waals surface area contributed by atoms with Gasteiger partial charge in [0.2, 0.25) is 0 Å². The highest BCUT2D eigenvalue weighted by Gasteiger charge is 2.13. The van der Waals surface area contributed by atoms with Gasteiger partial charge in [0.25, 0.3) is 5.91 Å². The van der Waals surface area contributed by atoms with Crippen molar-refractivity contribution in [3.63, 3.8) is 0 Å². The Morgan fingerprint density at radius 1 is 1.00 bits per heavy atom. The summed E-state index contributed by atoms with van der Waals surface area (Å²) in [6, 6.07) is 6.62. The molecule has 0 aliphatic rings. The fourth-order valence-corrected chi connectivity index (χ4v) is 2.22. The second-order valence-electron chi connectivity index (χ2n) is 4.51. The lowest BCUT2D eigenvalue weighted by Crippen LogP contribution is -2.24. The highest BCUT2D eigenvalue weighted by atomic mass is 79.9. The minimum Gasteiger partial charge on any atom is -0.355 e. The first-order valence-corrected chi connectivity index (χ1v) is 7.24. The summed E-state index contributed by atoms with van der Waals surface area (Å²) in [7, 11) is 1.46. The molecule has 0 aromatic heterocycles. The third-order valence-electron chi connectivity index (χ3n) is 2.82. The maximum Gasteiger partial charge on any atom is 0.323 e. The predicted octanol–water partition coefficient (Wildman–Crippen LogP) is 3.73. The van der Waals surface area contributed by atoms with E-state index in [1.54, 1.807) is 6.07 Å². The van der Waals surface area contributed by atoms with Gasteiger partial charge in [-0.2, -0.15) is 0 Å². The average molecular weight is 384 g/mol. The summed E-state index contributed by atoms with van der Waals surface area (Å²) in [4.78, 5) is 23.7. The Kier molecular flexibility index (Phi) is 5.28. The molecule has 23 heavy (non-hydrogen) atoms. The highest BCUT2D eigenvalue weighted by Crippen LogP contribution is 2.22. The zero-order chi connectivity index (χ0) is 17.0. The minimum atomic E-state index is -0.811. The summed E-state index contributed by atoms with van der Waals surface area (Å²) in [5.41, 5.74) is 0.445. The van der Waals surface area contributed by atoms with Crippen molar-refractivity contribution in [2.45, 2.75) is 0 Å². The van der Waals surface area contributed by atoms with Gasteiger partial charge in [-0.05, 0) is 30.3 Å². The standard InChI is InChI=1S/C15H12BrF2N3O2/c1-19-14(22)12-3-2-8(16)4-13(12)21-15(23)20-11-6-9(17)5-10(18)7-11/h2-7H,1H3,(H,19,22)(H2,20,21,23). The van der Waals surface area contributed by atoms with Gasteiger partial charge >= 0.3 is 6.03 Å². The quantitative estimate of drug-likeness (QED) is 0.755. The largest absolute Gasteiger partial charge is 0.355 e. The number of hydrogen-bond donors (Lipinski definition) is 3. The van der Waals surface area contributed by atoms with Crippen molar-refractivity contribution in [3.8, 4) is 0 Å². The van der Waals surface area contributed by atoms with Gasteiger partial charge in [-0.25, -0.2) is 13.6 Å². The van der Waals surface area contributed by atoms with Crippen LogP contribution in [0.2, 0.25) is 0 Å². The first-order valence-electron chi connectivity index (χ1n) is 6.45. The number of halogens is 3. The Hall–Kier alpha value is -2.48. The SMILES string of the molecule is CNC(=O)c1ccc(Br)cc1NC(=O)Nc1cc(F)cc(F)c1. The first kappa shape index (κ1) is 16.9. The van der Waals surface area contributed by atoms with Crippen molar-refractivity contribution >= 4 is 39.2 Å². The molecule has 0 bridgehead atoms. The molecular weight excluding hydrogens is 372 g/mol. The lowest BCUT2D eigenvalue weighted by atomic mass is 10.1. The van der Waals surface area contributed by atoms with Crippen molar-refractivity contribution in [2.24, 2.45) is 0 Å². The Morgan fingerprint density at radius 2 is 1.65 bits per heavy atom. The van der Waals surface area contributed by atoms with E-state index in [9.17, 15) is 18.4 Å². The first-order chi connectivity index (χ1) is 10.9. The average Bonchev–Trinajstić information content (AvgIpc) is 2.45. The molecule has 120 valence electrons. The number of benzene rings is 2. The molecule has 5 nitrogen and oxygen atoms in total. The van der Waals surface area contributed by atoms with Gasteiger partial charge in [-0.3, -0.25) is 4.79 Å². The smallest absolute Gasteiger partial charge is 0.323 e. The van der Waals surface area contributed by atoms with Crippen LogP contribution >= 0.6 is 15.9 Å². The van der Waals surface area contributed by atoms with Gasteiger partial charge in [0.1, 0.15) is 11.6 Å². The van der Waals surface area contributed by atoms with Crippen LogP contribution in [0.5, 0.6) is 0 Å². The monoisotopic (exact) mass is 383 g/mol. The van der Waals surface area contributed by atoms with E-state index in [0.29, 0.717) is 10.5 Å². The summed E-state index contributed by atoms with van der Waals surface area (Å²) in [6.07, 6.45) is 0. The van der Waals surface area contributed by atoms with Gasteiger partial charge in [0, 0.05) is 23.3 Å². The number of carbonyl (C=O) groups excluding carboxylic acids is 2. The number of hydrogen-bond acceptors (Lipinski definition) is 2. The zero-order valence-electron chi connectivity index (χ0n) is 11.9. The van der Waals surface area contributed by atoms with Crippen LogP contribution in [0.3, 0.4) is 0 Å². The van der Waals surface area contributed by atoms with Crippen molar-refractivity contribution < 1.29 is 18.4 Å². The summed E-state index contributed by atoms with van der Waals surface area (Å²) in [6.45, 7) is 0. The highest BCUT2D eigenvalue weighted by molar-refractivity contribution is 9.10. The topological polar surface area (TPSA) is 70.2 Å². The van der Waals surface area contributed by atoms with E-state index in [4.69, 9.17) is 0 Å². The minimum absolute atomic E-state index is 0.0449. The zero-order valence-corrected chi connectivity index (χ0v) is 13.5. The molecule has 0 heterocycles. The van der Waals surface area contributed by atoms with Crippen LogP contribution in [0.4, 0.5) is 25.0 Å². The molecule has 2 aromatic carbocycles. The van der Waals surface area contributed by atoms with E-state index in [1.807, 2.05) is 0 Å². The molecule has 0 atom stereocenters. The molecule has 0 aliphatic heterocycles. The molecule has 2 aromatic rings. The van der Waals surface area contributed by atoms with Crippen LogP contribution < -0.4 is 16.0 Å². The van der Waals surface area contributed by atoms with Crippen LogP contribution in [-0.2, 0) is 0 Å². The van der Waals surface area contributed by atoms with E-state index >= 15 is 0 Å². The Labute approximate surface area is 139 Å². The van der Waals surface area contributed by atoms with Crippen LogP contribution in [0, 0.1) is 11.6 Å². The van der Waals surface area contributed by atoms with Crippen molar-refractivity contribution in [1.29, 1.82) is 0 Å². The van der Waals surface area contributed by atoms with E-state index in [0.717, 1.165) is 12.1 Å². The number of anilines is 2. The fourth-order valence-electron chi connectivity index (χ4n) is 1.86. The Morgan fingerprint density at radius 3 is 2.26 bits per heavy atom. The lowest BCUT2D eigenvalue weighted by molar-refractivity contribution is 0.0964. The number of nitrogens with one attached hydrogen (secondary N) is 3. The molecule has 0 radical (unpaired) electrons. The van der Waals surface area contributed by atoms with Crippen molar-refractivity contribution in [2.75, 3.05) is 17.7 Å². The predicted molar refractivity (Wildman–Crippen MR) is 86.5 cm³/mol. The van der Waals surface area contributed by atoms with Crippen LogP contribution in [0.15, 0.2) is 40.9 Å². The lowest BCUT2D eigenvalue weighted by Gasteiger charge is -2.12. The molecule has 8 heteroatoms. The molecule has 0 saturated carbocycles. The summed E-state index contributed by atoms with van der Waals surface area (Å²) >= 11 is 3.24. The summed E-state index contributed by atoms with van der Waals surface area (Å²) < 4.78 is 26.9. The summed E-state index contributed by atoms with van der Waals surface area (Å²) in [5.74, 6) is -2.01. The molecule has 0 unspecified atom stereocenters. The molecule has 0 saturated heterocycles. The number of amides is 3. The number of urea groups is 1. The summed E-state index contributed by atoms with van der Waals surface area (Å²) in [5, 5.41) is 7.22. The van der Waals surface area contributed by atoms with Gasteiger partial charge in [-0.15, -0.1) is 0 Å². The second kappa shape index (κ2) is 7.19. The number of rotatable bonds is 3. The number of carbonyl (C=O) groups is 2. The maximum atomic E-state index is 13.1. The fraction of sp³-hybridized carbons (Fsp3) is 0.0667. The Balaban J connectivity index is 2.19. The molecule has 3 amide bonds. The third kappa shape index (κ3) is 4.49.